The molecule has 3 aromatic rings. The molecule has 1 amide bonds. The van der Waals surface area contributed by atoms with Gasteiger partial charge in [-0.05, 0) is 36.6 Å². The Balaban J connectivity index is 1.59. The molecule has 6 rings (SSSR count). The van der Waals surface area contributed by atoms with E-state index < -0.39 is 5.41 Å². The molecule has 3 atom stereocenters. The number of aryl methyl sites for hydroxylation is 1. The molecule has 1 aromatic heterocycles. The number of para-hydroxylation sites is 1. The molecule has 0 fully saturated rings. The molecule has 0 unspecified atom stereocenters. The van der Waals surface area contributed by atoms with Crippen molar-refractivity contribution in [1.82, 2.24) is 0 Å². The molecular formula is C25H21NO2. The summed E-state index contributed by atoms with van der Waals surface area (Å²) in [4.78, 5) is 16.1. The Hall–Kier alpha value is -3.07. The Morgan fingerprint density at radius 3 is 2.71 bits per heavy atom. The molecule has 138 valence electrons. The summed E-state index contributed by atoms with van der Waals surface area (Å²) in [5.41, 5.74) is 3.68. The van der Waals surface area contributed by atoms with Crippen molar-refractivity contribution in [1.29, 1.82) is 0 Å². The predicted molar refractivity (Wildman–Crippen MR) is 108 cm³/mol. The van der Waals surface area contributed by atoms with Crippen LogP contribution in [-0.2, 0) is 16.8 Å². The highest BCUT2D eigenvalue weighted by atomic mass is 16.3. The summed E-state index contributed by atoms with van der Waals surface area (Å²) in [5.74, 6) is 2.40. The van der Waals surface area contributed by atoms with Gasteiger partial charge in [0.15, 0.2) is 0 Å². The fourth-order valence-electron chi connectivity index (χ4n) is 5.52. The third-order valence-corrected chi connectivity index (χ3v) is 6.67. The molecule has 2 aromatic carbocycles. The number of anilines is 1. The zero-order valence-corrected chi connectivity index (χ0v) is 15.8. The molecule has 1 aliphatic heterocycles. The number of hydrogen-bond donors (Lipinski definition) is 0. The first-order chi connectivity index (χ1) is 13.7. The van der Waals surface area contributed by atoms with Crippen molar-refractivity contribution in [3.8, 4) is 0 Å². The number of benzene rings is 2. The van der Waals surface area contributed by atoms with Crippen LogP contribution >= 0.6 is 0 Å². The summed E-state index contributed by atoms with van der Waals surface area (Å²) >= 11 is 0. The van der Waals surface area contributed by atoms with Gasteiger partial charge in [-0.15, -0.1) is 0 Å². The Morgan fingerprint density at radius 2 is 1.86 bits per heavy atom. The van der Waals surface area contributed by atoms with Gasteiger partial charge >= 0.3 is 0 Å². The average Bonchev–Trinajstić information content (AvgIpc) is 3.38. The van der Waals surface area contributed by atoms with Gasteiger partial charge in [-0.2, -0.15) is 0 Å². The minimum atomic E-state index is -0.738. The molecule has 0 radical (unpaired) electrons. The van der Waals surface area contributed by atoms with E-state index in [1.165, 1.54) is 5.56 Å². The summed E-state index contributed by atoms with van der Waals surface area (Å²) in [6.45, 7) is 2.56. The standard InChI is InChI=1S/C25H21NO2/c1-16-13-20-18-11-12-19(14-18)25(23(20)28-16)21-9-5-6-10-22(21)26(24(25)27)15-17-7-3-2-4-8-17/h2-13,18-19H,14-15H2,1H3/t18-,19+,25+/m0/s1. The second-order valence-corrected chi connectivity index (χ2v) is 8.18. The first-order valence-electron chi connectivity index (χ1n) is 9.94. The minimum Gasteiger partial charge on any atom is -0.465 e. The highest BCUT2D eigenvalue weighted by Crippen LogP contribution is 2.60. The molecule has 0 N–H and O–H groups in total. The van der Waals surface area contributed by atoms with Gasteiger partial charge in [0.2, 0.25) is 5.91 Å². The van der Waals surface area contributed by atoms with Crippen LogP contribution < -0.4 is 4.90 Å². The molecule has 3 nitrogen and oxygen atoms in total. The topological polar surface area (TPSA) is 33.5 Å². The number of furan rings is 1. The molecule has 28 heavy (non-hydrogen) atoms. The zero-order chi connectivity index (χ0) is 18.9. The molecule has 0 saturated carbocycles. The number of rotatable bonds is 2. The summed E-state index contributed by atoms with van der Waals surface area (Å²) in [5, 5.41) is 0. The molecule has 2 bridgehead atoms. The number of carbonyl (C=O) groups is 1. The molecule has 1 spiro atoms. The van der Waals surface area contributed by atoms with Gasteiger partial charge in [-0.3, -0.25) is 4.79 Å². The summed E-state index contributed by atoms with van der Waals surface area (Å²) in [6.07, 6.45) is 5.49. The predicted octanol–water partition coefficient (Wildman–Crippen LogP) is 5.09. The second-order valence-electron chi connectivity index (χ2n) is 8.18. The lowest BCUT2D eigenvalue weighted by molar-refractivity contribution is -0.124. The zero-order valence-electron chi connectivity index (χ0n) is 15.8. The van der Waals surface area contributed by atoms with Crippen molar-refractivity contribution in [2.45, 2.75) is 31.2 Å². The van der Waals surface area contributed by atoms with Gasteiger partial charge in [-0.25, -0.2) is 0 Å². The van der Waals surface area contributed by atoms with Crippen LogP contribution in [0.1, 0.15) is 40.5 Å². The van der Waals surface area contributed by atoms with Crippen molar-refractivity contribution in [3.63, 3.8) is 0 Å². The maximum atomic E-state index is 14.1. The molecular weight excluding hydrogens is 346 g/mol. The van der Waals surface area contributed by atoms with Crippen molar-refractivity contribution in [3.05, 3.63) is 101 Å². The van der Waals surface area contributed by atoms with Crippen molar-refractivity contribution >= 4 is 11.6 Å². The van der Waals surface area contributed by atoms with Crippen LogP contribution in [0.2, 0.25) is 0 Å². The number of carbonyl (C=O) groups excluding carboxylic acids is 1. The van der Waals surface area contributed by atoms with Gasteiger partial charge in [0, 0.05) is 23.1 Å². The number of amides is 1. The van der Waals surface area contributed by atoms with Crippen molar-refractivity contribution in [2.75, 3.05) is 4.90 Å². The third-order valence-electron chi connectivity index (χ3n) is 6.67. The largest absolute Gasteiger partial charge is 0.465 e. The lowest BCUT2D eigenvalue weighted by atomic mass is 9.63. The van der Waals surface area contributed by atoms with E-state index in [9.17, 15) is 4.79 Å². The van der Waals surface area contributed by atoms with Crippen LogP contribution in [0, 0.1) is 12.8 Å². The van der Waals surface area contributed by atoms with Crippen molar-refractivity contribution in [2.24, 2.45) is 5.92 Å². The lowest BCUT2D eigenvalue weighted by Crippen LogP contribution is -2.47. The Bertz CT molecular complexity index is 1130. The number of nitrogens with zero attached hydrogens (tertiary/aromatic N) is 1. The monoisotopic (exact) mass is 367 g/mol. The van der Waals surface area contributed by atoms with E-state index in [2.05, 4.69) is 42.5 Å². The molecule has 2 aliphatic carbocycles. The van der Waals surface area contributed by atoms with E-state index in [-0.39, 0.29) is 11.8 Å². The SMILES string of the molecule is Cc1cc2c(o1)[C@@]1(C(=O)N(Cc3ccccc3)c3ccccc31)[C@@H]1C=C[C@H]2C1. The highest BCUT2D eigenvalue weighted by molar-refractivity contribution is 6.11. The lowest BCUT2D eigenvalue weighted by Gasteiger charge is -2.37. The highest BCUT2D eigenvalue weighted by Gasteiger charge is 2.62. The van der Waals surface area contributed by atoms with Crippen LogP contribution in [0.3, 0.4) is 0 Å². The van der Waals surface area contributed by atoms with Crippen LogP contribution in [0.15, 0.2) is 77.2 Å². The molecule has 0 saturated heterocycles. The number of allylic oxidation sites excluding steroid dienone is 2. The third kappa shape index (κ3) is 1.86. The Labute approximate surface area is 164 Å². The summed E-state index contributed by atoms with van der Waals surface area (Å²) in [6, 6.07) is 20.6. The van der Waals surface area contributed by atoms with E-state index in [1.54, 1.807) is 0 Å². The summed E-state index contributed by atoms with van der Waals surface area (Å²) < 4.78 is 6.26. The van der Waals surface area contributed by atoms with E-state index >= 15 is 0 Å². The van der Waals surface area contributed by atoms with Gasteiger partial charge < -0.3 is 9.32 Å². The first kappa shape index (κ1) is 15.9. The normalized spacial score (nSPS) is 26.8. The second kappa shape index (κ2) is 5.48. The van der Waals surface area contributed by atoms with Crippen LogP contribution in [0.4, 0.5) is 5.69 Å². The summed E-state index contributed by atoms with van der Waals surface area (Å²) in [7, 11) is 0. The minimum absolute atomic E-state index is 0.142. The molecule has 3 heteroatoms. The Kier molecular flexibility index (Phi) is 3.12. The smallest absolute Gasteiger partial charge is 0.246 e. The number of hydrogen-bond acceptors (Lipinski definition) is 2. The van der Waals surface area contributed by atoms with Gasteiger partial charge in [0.1, 0.15) is 16.9 Å². The van der Waals surface area contributed by atoms with E-state index in [0.717, 1.165) is 34.8 Å². The van der Waals surface area contributed by atoms with Crippen LogP contribution in [0.25, 0.3) is 0 Å². The van der Waals surface area contributed by atoms with Gasteiger partial charge in [0.05, 0.1) is 6.54 Å². The van der Waals surface area contributed by atoms with E-state index in [0.29, 0.717) is 12.5 Å². The fraction of sp³-hybridized carbons (Fsp3) is 0.240. The maximum absolute atomic E-state index is 14.1. The van der Waals surface area contributed by atoms with Crippen LogP contribution in [-0.4, -0.2) is 5.91 Å². The van der Waals surface area contributed by atoms with Gasteiger partial charge in [0.25, 0.3) is 0 Å². The van der Waals surface area contributed by atoms with Crippen molar-refractivity contribution < 1.29 is 9.21 Å². The van der Waals surface area contributed by atoms with Gasteiger partial charge in [-0.1, -0.05) is 60.7 Å². The fourth-order valence-corrected chi connectivity index (χ4v) is 5.52. The van der Waals surface area contributed by atoms with E-state index in [4.69, 9.17) is 4.42 Å². The van der Waals surface area contributed by atoms with E-state index in [1.807, 2.05) is 42.2 Å². The molecule has 3 aliphatic rings. The quantitative estimate of drug-likeness (QED) is 0.591. The molecule has 2 heterocycles. The Morgan fingerprint density at radius 1 is 1.07 bits per heavy atom. The average molecular weight is 367 g/mol. The number of fused-ring (bicyclic) bond motifs is 8. The van der Waals surface area contributed by atoms with Crippen LogP contribution in [0.5, 0.6) is 0 Å². The maximum Gasteiger partial charge on any atom is 0.246 e. The first-order valence-corrected chi connectivity index (χ1v) is 9.94.